The molecule has 3 N–H and O–H groups in total. The first-order valence-electron chi connectivity index (χ1n) is 8.97. The summed E-state index contributed by atoms with van der Waals surface area (Å²) in [6, 6.07) is 8.42. The number of carbonyl (C=O) groups is 1. The number of pyridine rings is 1. The third-order valence-corrected chi connectivity index (χ3v) is 5.37. The molecule has 29 heavy (non-hydrogen) atoms. The Morgan fingerprint density at radius 3 is 2.59 bits per heavy atom. The van der Waals surface area contributed by atoms with Crippen molar-refractivity contribution in [3.05, 3.63) is 52.0 Å². The molecule has 2 aromatic heterocycles. The molecule has 0 radical (unpaired) electrons. The first kappa shape index (κ1) is 20.9. The number of anilines is 1. The normalized spacial score (nSPS) is 11.6. The average Bonchev–Trinajstić information content (AvgIpc) is 2.98. The minimum Gasteiger partial charge on any atom is -0.494 e. The number of nitrogens with zero attached hydrogens (tertiary/aromatic N) is 1. The van der Waals surface area contributed by atoms with E-state index in [1.165, 1.54) is 6.92 Å². The number of fused-ring (bicyclic) bond motifs is 1. The van der Waals surface area contributed by atoms with Crippen LogP contribution in [0.2, 0.25) is 0 Å². The number of aromatic nitrogens is 1. The lowest BCUT2D eigenvalue weighted by atomic mass is 10.1. The molecule has 9 heteroatoms. The van der Waals surface area contributed by atoms with Crippen molar-refractivity contribution >= 4 is 33.1 Å². The SMILES string of the molecule is CCOc1ccc(CCNC(=O)c2sc3nc(C)cc(C(F)(F)F)c3c2N)cc1. The minimum absolute atomic E-state index is 0.0373. The number of nitrogen functional groups attached to an aromatic ring is 1. The molecule has 3 rings (SSSR count). The molecule has 5 nitrogen and oxygen atoms in total. The highest BCUT2D eigenvalue weighted by Gasteiger charge is 2.35. The van der Waals surface area contributed by atoms with E-state index in [0.29, 0.717) is 19.6 Å². The summed E-state index contributed by atoms with van der Waals surface area (Å²) in [6.07, 6.45) is -4.02. The van der Waals surface area contributed by atoms with Crippen molar-refractivity contribution in [1.82, 2.24) is 10.3 Å². The summed E-state index contributed by atoms with van der Waals surface area (Å²) < 4.78 is 45.5. The third-order valence-electron chi connectivity index (χ3n) is 4.27. The lowest BCUT2D eigenvalue weighted by molar-refractivity contribution is -0.136. The van der Waals surface area contributed by atoms with E-state index < -0.39 is 17.6 Å². The molecule has 0 unspecified atom stereocenters. The number of alkyl halides is 3. The first-order chi connectivity index (χ1) is 13.7. The van der Waals surface area contributed by atoms with Gasteiger partial charge in [0, 0.05) is 17.6 Å². The van der Waals surface area contributed by atoms with Crippen molar-refractivity contribution in [3.63, 3.8) is 0 Å². The van der Waals surface area contributed by atoms with E-state index in [2.05, 4.69) is 10.3 Å². The quantitative estimate of drug-likeness (QED) is 0.609. The summed E-state index contributed by atoms with van der Waals surface area (Å²) in [4.78, 5) is 16.8. The molecule has 0 spiro atoms. The van der Waals surface area contributed by atoms with E-state index >= 15 is 0 Å². The van der Waals surface area contributed by atoms with Crippen LogP contribution in [0.5, 0.6) is 5.75 Å². The van der Waals surface area contributed by atoms with Gasteiger partial charge in [0.15, 0.2) is 0 Å². The van der Waals surface area contributed by atoms with E-state index in [4.69, 9.17) is 10.5 Å². The second-order valence-corrected chi connectivity index (χ2v) is 7.42. The summed E-state index contributed by atoms with van der Waals surface area (Å²) in [5.41, 5.74) is 6.06. The van der Waals surface area contributed by atoms with Gasteiger partial charge in [-0.15, -0.1) is 11.3 Å². The zero-order chi connectivity index (χ0) is 21.2. The maximum atomic E-state index is 13.4. The smallest absolute Gasteiger partial charge is 0.417 e. The third kappa shape index (κ3) is 4.61. The van der Waals surface area contributed by atoms with Crippen molar-refractivity contribution in [3.8, 4) is 5.75 Å². The maximum absolute atomic E-state index is 13.4. The number of rotatable bonds is 6. The Hall–Kier alpha value is -2.81. The summed E-state index contributed by atoms with van der Waals surface area (Å²) in [5, 5.41) is 2.50. The van der Waals surface area contributed by atoms with Gasteiger partial charge < -0.3 is 15.8 Å². The van der Waals surface area contributed by atoms with Crippen LogP contribution < -0.4 is 15.8 Å². The molecular formula is C20H20F3N3O2S. The number of nitrogens with two attached hydrogens (primary N) is 1. The monoisotopic (exact) mass is 423 g/mol. The van der Waals surface area contributed by atoms with Gasteiger partial charge in [-0.05, 0) is 44.0 Å². The van der Waals surface area contributed by atoms with Crippen molar-refractivity contribution < 1.29 is 22.7 Å². The maximum Gasteiger partial charge on any atom is 0.417 e. The van der Waals surface area contributed by atoms with Crippen LogP contribution in [0, 0.1) is 6.92 Å². The van der Waals surface area contributed by atoms with E-state index in [1.54, 1.807) is 0 Å². The number of ether oxygens (including phenoxy) is 1. The van der Waals surface area contributed by atoms with E-state index in [-0.39, 0.29) is 26.5 Å². The Balaban J connectivity index is 1.75. The zero-order valence-electron chi connectivity index (χ0n) is 15.9. The molecular weight excluding hydrogens is 403 g/mol. The lowest BCUT2D eigenvalue weighted by Gasteiger charge is -2.09. The number of amides is 1. The van der Waals surface area contributed by atoms with Crippen molar-refractivity contribution in [2.75, 3.05) is 18.9 Å². The van der Waals surface area contributed by atoms with Crippen LogP contribution in [0.15, 0.2) is 30.3 Å². The van der Waals surface area contributed by atoms with E-state index in [9.17, 15) is 18.0 Å². The molecule has 0 fully saturated rings. The van der Waals surface area contributed by atoms with Gasteiger partial charge in [-0.1, -0.05) is 12.1 Å². The van der Waals surface area contributed by atoms with E-state index in [0.717, 1.165) is 28.7 Å². The number of halogens is 3. The average molecular weight is 423 g/mol. The van der Waals surface area contributed by atoms with Gasteiger partial charge in [-0.3, -0.25) is 4.79 Å². The fourth-order valence-corrected chi connectivity index (χ4v) is 4.04. The number of hydrogen-bond acceptors (Lipinski definition) is 5. The summed E-state index contributed by atoms with van der Waals surface area (Å²) in [7, 11) is 0. The molecule has 0 aliphatic carbocycles. The fraction of sp³-hybridized carbons (Fsp3) is 0.300. The topological polar surface area (TPSA) is 77.2 Å². The highest BCUT2D eigenvalue weighted by Crippen LogP contribution is 2.42. The highest BCUT2D eigenvalue weighted by molar-refractivity contribution is 7.21. The lowest BCUT2D eigenvalue weighted by Crippen LogP contribution is -2.25. The molecule has 1 aromatic carbocycles. The van der Waals surface area contributed by atoms with Crippen LogP contribution in [0.4, 0.5) is 18.9 Å². The molecule has 0 atom stereocenters. The van der Waals surface area contributed by atoms with Crippen LogP contribution in [0.3, 0.4) is 0 Å². The van der Waals surface area contributed by atoms with Gasteiger partial charge in [0.2, 0.25) is 0 Å². The van der Waals surface area contributed by atoms with Gasteiger partial charge in [0.05, 0.1) is 17.9 Å². The second-order valence-electron chi connectivity index (χ2n) is 6.42. The van der Waals surface area contributed by atoms with Crippen LogP contribution >= 0.6 is 11.3 Å². The molecule has 3 aromatic rings. The number of aryl methyl sites for hydroxylation is 1. The molecule has 0 aliphatic heterocycles. The summed E-state index contributed by atoms with van der Waals surface area (Å²) in [6.45, 7) is 4.27. The van der Waals surface area contributed by atoms with Crippen LogP contribution in [0.25, 0.3) is 10.2 Å². The molecule has 0 saturated carbocycles. The van der Waals surface area contributed by atoms with E-state index in [1.807, 2.05) is 31.2 Å². The Morgan fingerprint density at radius 1 is 1.28 bits per heavy atom. The van der Waals surface area contributed by atoms with Gasteiger partial charge in [0.25, 0.3) is 5.91 Å². The largest absolute Gasteiger partial charge is 0.494 e. The van der Waals surface area contributed by atoms with Crippen LogP contribution in [-0.4, -0.2) is 24.0 Å². The molecule has 0 saturated heterocycles. The van der Waals surface area contributed by atoms with Crippen molar-refractivity contribution in [2.45, 2.75) is 26.4 Å². The molecule has 0 aliphatic rings. The molecule has 2 heterocycles. The number of hydrogen-bond donors (Lipinski definition) is 2. The van der Waals surface area contributed by atoms with Gasteiger partial charge in [0.1, 0.15) is 15.5 Å². The minimum atomic E-state index is -4.58. The number of nitrogens with one attached hydrogen (secondary N) is 1. The predicted octanol–water partition coefficient (Wildman–Crippen LogP) is 4.58. The predicted molar refractivity (Wildman–Crippen MR) is 107 cm³/mol. The van der Waals surface area contributed by atoms with Gasteiger partial charge in [-0.25, -0.2) is 4.98 Å². The van der Waals surface area contributed by atoms with Crippen molar-refractivity contribution in [2.24, 2.45) is 0 Å². The van der Waals surface area contributed by atoms with Gasteiger partial charge in [-0.2, -0.15) is 13.2 Å². The summed E-state index contributed by atoms with van der Waals surface area (Å²) >= 11 is 0.865. The fourth-order valence-electron chi connectivity index (χ4n) is 2.96. The number of carbonyl (C=O) groups excluding carboxylic acids is 1. The molecule has 154 valence electrons. The Labute approximate surface area is 169 Å². The first-order valence-corrected chi connectivity index (χ1v) is 9.79. The molecule has 0 bridgehead atoms. The zero-order valence-corrected chi connectivity index (χ0v) is 16.7. The van der Waals surface area contributed by atoms with Crippen molar-refractivity contribution in [1.29, 1.82) is 0 Å². The van der Waals surface area contributed by atoms with Gasteiger partial charge >= 0.3 is 6.18 Å². The Morgan fingerprint density at radius 2 is 1.97 bits per heavy atom. The summed E-state index contributed by atoms with van der Waals surface area (Å²) in [5.74, 6) is 0.254. The molecule has 1 amide bonds. The Kier molecular flexibility index (Phi) is 5.97. The standard InChI is InChI=1S/C20H20F3N3O2S/c1-3-28-13-6-4-12(5-7-13)8-9-25-18(27)17-16(24)15-14(20(21,22)23)10-11(2)26-19(15)29-17/h4-7,10H,3,8-9,24H2,1-2H3,(H,25,27). The number of thiophene rings is 1. The second kappa shape index (κ2) is 8.28. The highest BCUT2D eigenvalue weighted by atomic mass is 32.1. The number of benzene rings is 1. The Bertz CT molecular complexity index is 1030. The van der Waals surface area contributed by atoms with Crippen LogP contribution in [-0.2, 0) is 12.6 Å². The van der Waals surface area contributed by atoms with Crippen LogP contribution in [0.1, 0.15) is 33.4 Å².